The second-order valence-electron chi connectivity index (χ2n) is 1.75. The average Bonchev–Trinajstić information content (AvgIpc) is 2.34. The lowest BCUT2D eigenvalue weighted by Gasteiger charge is -1.88. The third-order valence-corrected chi connectivity index (χ3v) is 1.03. The number of aryl methyl sites for hydroxylation is 1. The molecule has 0 atom stereocenters. The molecule has 1 heterocycles. The fourth-order valence-electron chi connectivity index (χ4n) is 0.607. The van der Waals surface area contributed by atoms with Crippen molar-refractivity contribution in [2.24, 2.45) is 0 Å². The van der Waals surface area contributed by atoms with E-state index in [1.165, 1.54) is 6.26 Å². The topological polar surface area (TPSA) is 46.3 Å². The molecule has 0 aliphatic carbocycles. The first-order valence-corrected chi connectivity index (χ1v) is 2.92. The Labute approximate surface area is 53.3 Å². The summed E-state index contributed by atoms with van der Waals surface area (Å²) in [7, 11) is 0. The van der Waals surface area contributed by atoms with Crippen molar-refractivity contribution in [3.05, 3.63) is 18.4 Å². The number of rotatable bonds is 3. The molecule has 1 aromatic heterocycles. The quantitative estimate of drug-likeness (QED) is 0.646. The molecule has 3 heteroatoms. The molecule has 50 valence electrons. The third-order valence-electron chi connectivity index (χ3n) is 1.03. The molecule has 0 radical (unpaired) electrons. The van der Waals surface area contributed by atoms with Crippen LogP contribution in [-0.2, 0) is 6.42 Å². The maximum absolute atomic E-state index is 8.40. The summed E-state index contributed by atoms with van der Waals surface area (Å²) in [4.78, 5) is 3.88. The van der Waals surface area contributed by atoms with Crippen LogP contribution in [0.15, 0.2) is 16.9 Å². The van der Waals surface area contributed by atoms with Crippen LogP contribution in [-0.4, -0.2) is 16.7 Å². The Kier molecular flexibility index (Phi) is 2.27. The molecule has 0 saturated carbocycles. The number of oxazole rings is 1. The molecular weight excluding hydrogens is 118 g/mol. The summed E-state index contributed by atoms with van der Waals surface area (Å²) in [5.41, 5.74) is 0. The minimum Gasteiger partial charge on any atom is -0.449 e. The van der Waals surface area contributed by atoms with E-state index in [4.69, 9.17) is 9.52 Å². The number of hydrogen-bond donors (Lipinski definition) is 1. The summed E-state index contributed by atoms with van der Waals surface area (Å²) in [6.07, 6.45) is 4.59. The van der Waals surface area contributed by atoms with Gasteiger partial charge in [-0.25, -0.2) is 4.98 Å². The molecule has 0 bridgehead atoms. The SMILES string of the molecule is OCCCc1ncco1. The van der Waals surface area contributed by atoms with Crippen LogP contribution < -0.4 is 0 Å². The first-order chi connectivity index (χ1) is 4.43. The van der Waals surface area contributed by atoms with E-state index >= 15 is 0 Å². The first-order valence-electron chi connectivity index (χ1n) is 2.92. The molecule has 0 aliphatic rings. The molecule has 1 rings (SSSR count). The molecule has 0 amide bonds. The molecule has 1 N–H and O–H groups in total. The zero-order valence-electron chi connectivity index (χ0n) is 5.08. The van der Waals surface area contributed by atoms with E-state index in [9.17, 15) is 0 Å². The summed E-state index contributed by atoms with van der Waals surface area (Å²) in [5, 5.41) is 8.40. The second kappa shape index (κ2) is 3.25. The predicted molar refractivity (Wildman–Crippen MR) is 31.9 cm³/mol. The molecule has 3 nitrogen and oxygen atoms in total. The molecule has 0 saturated heterocycles. The van der Waals surface area contributed by atoms with Crippen LogP contribution in [0, 0.1) is 0 Å². The highest BCUT2D eigenvalue weighted by Crippen LogP contribution is 1.97. The van der Waals surface area contributed by atoms with Crippen LogP contribution >= 0.6 is 0 Å². The van der Waals surface area contributed by atoms with Gasteiger partial charge in [0.25, 0.3) is 0 Å². The standard InChI is InChI=1S/C6H9NO2/c8-4-1-2-6-7-3-5-9-6/h3,5,8H,1-2,4H2. The van der Waals surface area contributed by atoms with Crippen LogP contribution in [0.25, 0.3) is 0 Å². The number of aliphatic hydroxyl groups is 1. The highest BCUT2D eigenvalue weighted by Gasteiger charge is 1.93. The second-order valence-corrected chi connectivity index (χ2v) is 1.75. The van der Waals surface area contributed by atoms with Gasteiger partial charge in [-0.1, -0.05) is 0 Å². The summed E-state index contributed by atoms with van der Waals surface area (Å²) in [6.45, 7) is 0.197. The van der Waals surface area contributed by atoms with E-state index in [1.807, 2.05) is 0 Å². The van der Waals surface area contributed by atoms with Gasteiger partial charge in [0.15, 0.2) is 5.89 Å². The van der Waals surface area contributed by atoms with E-state index in [2.05, 4.69) is 4.98 Å². The lowest BCUT2D eigenvalue weighted by Crippen LogP contribution is -1.88. The van der Waals surface area contributed by atoms with Gasteiger partial charge in [0, 0.05) is 13.0 Å². The molecule has 0 fully saturated rings. The minimum absolute atomic E-state index is 0.197. The molecule has 1 aromatic rings. The molecule has 0 spiro atoms. The minimum atomic E-state index is 0.197. The van der Waals surface area contributed by atoms with Crippen molar-refractivity contribution in [3.63, 3.8) is 0 Å². The average molecular weight is 127 g/mol. The normalized spacial score (nSPS) is 9.89. The maximum atomic E-state index is 8.40. The van der Waals surface area contributed by atoms with Crippen molar-refractivity contribution < 1.29 is 9.52 Å². The Hall–Kier alpha value is -0.830. The fraction of sp³-hybridized carbons (Fsp3) is 0.500. The molecule has 0 aromatic carbocycles. The van der Waals surface area contributed by atoms with Crippen molar-refractivity contribution in [3.8, 4) is 0 Å². The summed E-state index contributed by atoms with van der Waals surface area (Å²) in [5.74, 6) is 0.698. The summed E-state index contributed by atoms with van der Waals surface area (Å²) >= 11 is 0. The van der Waals surface area contributed by atoms with Crippen molar-refractivity contribution in [2.75, 3.05) is 6.61 Å². The van der Waals surface area contributed by atoms with Gasteiger partial charge < -0.3 is 9.52 Å². The zero-order chi connectivity index (χ0) is 6.53. The fourth-order valence-corrected chi connectivity index (χ4v) is 0.607. The van der Waals surface area contributed by atoms with Crippen molar-refractivity contribution in [2.45, 2.75) is 12.8 Å². The third kappa shape index (κ3) is 1.85. The molecule has 9 heavy (non-hydrogen) atoms. The van der Waals surface area contributed by atoms with Gasteiger partial charge in [0.2, 0.25) is 0 Å². The van der Waals surface area contributed by atoms with Crippen LogP contribution in [0.2, 0.25) is 0 Å². The highest BCUT2D eigenvalue weighted by molar-refractivity contribution is 4.78. The maximum Gasteiger partial charge on any atom is 0.193 e. The van der Waals surface area contributed by atoms with Gasteiger partial charge in [-0.3, -0.25) is 0 Å². The number of nitrogens with zero attached hydrogens (tertiary/aromatic N) is 1. The van der Waals surface area contributed by atoms with E-state index in [-0.39, 0.29) is 6.61 Å². The van der Waals surface area contributed by atoms with Crippen molar-refractivity contribution >= 4 is 0 Å². The van der Waals surface area contributed by atoms with E-state index in [0.29, 0.717) is 5.89 Å². The zero-order valence-corrected chi connectivity index (χ0v) is 5.08. The first kappa shape index (κ1) is 6.29. The van der Waals surface area contributed by atoms with E-state index in [1.54, 1.807) is 6.20 Å². The van der Waals surface area contributed by atoms with Crippen LogP contribution in [0.5, 0.6) is 0 Å². The Morgan fingerprint density at radius 2 is 2.56 bits per heavy atom. The molecule has 0 unspecified atom stereocenters. The smallest absolute Gasteiger partial charge is 0.193 e. The van der Waals surface area contributed by atoms with E-state index < -0.39 is 0 Å². The molecular formula is C6H9NO2. The van der Waals surface area contributed by atoms with Gasteiger partial charge in [0.1, 0.15) is 6.26 Å². The monoisotopic (exact) mass is 127 g/mol. The van der Waals surface area contributed by atoms with Crippen molar-refractivity contribution in [1.29, 1.82) is 0 Å². The Morgan fingerprint density at radius 3 is 3.11 bits per heavy atom. The van der Waals surface area contributed by atoms with Crippen LogP contribution in [0.4, 0.5) is 0 Å². The van der Waals surface area contributed by atoms with Gasteiger partial charge in [-0.15, -0.1) is 0 Å². The van der Waals surface area contributed by atoms with Gasteiger partial charge in [0.05, 0.1) is 6.20 Å². The predicted octanol–water partition coefficient (Wildman–Crippen LogP) is 0.599. The number of aromatic nitrogens is 1. The van der Waals surface area contributed by atoms with Gasteiger partial charge in [-0.05, 0) is 6.42 Å². The largest absolute Gasteiger partial charge is 0.449 e. The number of hydrogen-bond acceptors (Lipinski definition) is 3. The summed E-state index contributed by atoms with van der Waals surface area (Å²) < 4.78 is 4.91. The Balaban J connectivity index is 2.30. The van der Waals surface area contributed by atoms with Crippen molar-refractivity contribution in [1.82, 2.24) is 4.98 Å². The van der Waals surface area contributed by atoms with Gasteiger partial charge >= 0.3 is 0 Å². The lowest BCUT2D eigenvalue weighted by atomic mass is 10.3. The van der Waals surface area contributed by atoms with Crippen LogP contribution in [0.1, 0.15) is 12.3 Å². The highest BCUT2D eigenvalue weighted by atomic mass is 16.3. The number of aliphatic hydroxyl groups excluding tert-OH is 1. The van der Waals surface area contributed by atoms with Crippen LogP contribution in [0.3, 0.4) is 0 Å². The lowest BCUT2D eigenvalue weighted by molar-refractivity contribution is 0.283. The Bertz CT molecular complexity index is 148. The Morgan fingerprint density at radius 1 is 1.67 bits per heavy atom. The molecule has 0 aliphatic heterocycles. The van der Waals surface area contributed by atoms with Gasteiger partial charge in [-0.2, -0.15) is 0 Å². The van der Waals surface area contributed by atoms with E-state index in [0.717, 1.165) is 12.8 Å². The summed E-state index contributed by atoms with van der Waals surface area (Å²) in [6, 6.07) is 0.